The number of methoxy groups -OCH3 is 1. The summed E-state index contributed by atoms with van der Waals surface area (Å²) in [6.07, 6.45) is 6.01. The Hall–Kier alpha value is -1.93. The molecular weight excluding hydrogens is 358 g/mol. The topological polar surface area (TPSA) is 81.8 Å². The summed E-state index contributed by atoms with van der Waals surface area (Å²) in [7, 11) is 1.55. The van der Waals surface area contributed by atoms with E-state index in [1.165, 1.54) is 0 Å². The van der Waals surface area contributed by atoms with Crippen molar-refractivity contribution in [1.29, 1.82) is 0 Å². The minimum Gasteiger partial charge on any atom is -0.375 e. The fraction of sp³-hybridized carbons (Fsp3) is 0.750. The van der Waals surface area contributed by atoms with E-state index >= 15 is 0 Å². The van der Waals surface area contributed by atoms with Gasteiger partial charge in [-0.05, 0) is 38.8 Å². The molecule has 8 nitrogen and oxygen atoms in total. The lowest BCUT2D eigenvalue weighted by Crippen LogP contribution is -2.60. The molecule has 0 aromatic carbocycles. The van der Waals surface area contributed by atoms with Crippen molar-refractivity contribution in [3.63, 3.8) is 0 Å². The van der Waals surface area contributed by atoms with Gasteiger partial charge in [-0.3, -0.25) is 14.5 Å². The number of rotatable bonds is 4. The van der Waals surface area contributed by atoms with Gasteiger partial charge in [-0.2, -0.15) is 0 Å². The maximum atomic E-state index is 13.1. The van der Waals surface area contributed by atoms with Crippen LogP contribution < -0.4 is 0 Å². The number of likely N-dealkylation sites (tertiary alicyclic amines) is 2. The van der Waals surface area contributed by atoms with Crippen LogP contribution in [0.1, 0.15) is 44.0 Å². The fourth-order valence-corrected chi connectivity index (χ4v) is 5.34. The summed E-state index contributed by atoms with van der Waals surface area (Å²) in [6.45, 7) is 6.13. The molecule has 4 heterocycles. The van der Waals surface area contributed by atoms with Crippen LogP contribution in [0.4, 0.5) is 0 Å². The summed E-state index contributed by atoms with van der Waals surface area (Å²) in [5, 5.41) is 0. The number of piperidine rings is 1. The number of carbonyl (C=O) groups excluding carboxylic acids is 2. The van der Waals surface area contributed by atoms with Crippen LogP contribution in [-0.4, -0.2) is 89.0 Å². The smallest absolute Gasteiger partial charge is 0.249 e. The Morgan fingerprint density at radius 3 is 2.79 bits per heavy atom. The molecule has 154 valence electrons. The van der Waals surface area contributed by atoms with E-state index in [0.29, 0.717) is 19.6 Å². The summed E-state index contributed by atoms with van der Waals surface area (Å²) in [5.74, 6) is 0.255. The summed E-state index contributed by atoms with van der Waals surface area (Å²) >= 11 is 0. The van der Waals surface area contributed by atoms with Gasteiger partial charge in [0.25, 0.3) is 0 Å². The predicted octanol–water partition coefficient (Wildman–Crippen LogP) is 0.743. The van der Waals surface area contributed by atoms with Crippen LogP contribution >= 0.6 is 0 Å². The van der Waals surface area contributed by atoms with Gasteiger partial charge < -0.3 is 19.5 Å². The van der Waals surface area contributed by atoms with Crippen LogP contribution in [0, 0.1) is 0 Å². The number of fused-ring (bicyclic) bond motifs is 2. The van der Waals surface area contributed by atoms with E-state index in [4.69, 9.17) is 4.74 Å². The lowest BCUT2D eigenvalue weighted by Gasteiger charge is -2.50. The highest BCUT2D eigenvalue weighted by Crippen LogP contribution is 2.42. The van der Waals surface area contributed by atoms with E-state index in [-0.39, 0.29) is 24.5 Å². The van der Waals surface area contributed by atoms with Crippen molar-refractivity contribution >= 4 is 11.8 Å². The molecule has 3 aliphatic rings. The number of nitrogens with one attached hydrogen (secondary N) is 1. The molecule has 8 heteroatoms. The highest BCUT2D eigenvalue weighted by Gasteiger charge is 2.49. The monoisotopic (exact) mass is 389 g/mol. The van der Waals surface area contributed by atoms with E-state index in [2.05, 4.69) is 21.8 Å². The molecule has 1 N–H and O–H groups in total. The molecule has 2 saturated heterocycles. The molecule has 28 heavy (non-hydrogen) atoms. The van der Waals surface area contributed by atoms with Crippen LogP contribution in [-0.2, 0) is 26.3 Å². The fourth-order valence-electron chi connectivity index (χ4n) is 5.34. The molecule has 2 amide bonds. The van der Waals surface area contributed by atoms with Gasteiger partial charge in [0.15, 0.2) is 0 Å². The van der Waals surface area contributed by atoms with Gasteiger partial charge in [0.2, 0.25) is 11.8 Å². The summed E-state index contributed by atoms with van der Waals surface area (Å²) in [6, 6.07) is 0.0255. The third-order valence-corrected chi connectivity index (χ3v) is 6.79. The number of hydrogen-bond acceptors (Lipinski definition) is 5. The van der Waals surface area contributed by atoms with Gasteiger partial charge >= 0.3 is 0 Å². The Labute approximate surface area is 166 Å². The average Bonchev–Trinajstić information content (AvgIpc) is 3.38. The van der Waals surface area contributed by atoms with Gasteiger partial charge in [0, 0.05) is 38.9 Å². The van der Waals surface area contributed by atoms with Crippen molar-refractivity contribution in [2.75, 3.05) is 46.4 Å². The molecule has 0 aliphatic carbocycles. The second kappa shape index (κ2) is 7.83. The molecule has 0 saturated carbocycles. The Morgan fingerprint density at radius 1 is 1.29 bits per heavy atom. The van der Waals surface area contributed by atoms with E-state index in [0.717, 1.165) is 56.6 Å². The van der Waals surface area contributed by atoms with Gasteiger partial charge in [0.1, 0.15) is 6.61 Å². The number of H-pyrrole nitrogens is 1. The van der Waals surface area contributed by atoms with E-state index in [1.807, 2.05) is 9.80 Å². The highest BCUT2D eigenvalue weighted by molar-refractivity contribution is 5.82. The van der Waals surface area contributed by atoms with Crippen molar-refractivity contribution in [2.45, 2.75) is 50.6 Å². The zero-order valence-electron chi connectivity index (χ0n) is 16.9. The molecule has 1 aromatic heterocycles. The van der Waals surface area contributed by atoms with Crippen LogP contribution in [0.15, 0.2) is 6.33 Å². The molecule has 3 aliphatic heterocycles. The number of hydrogen-bond donors (Lipinski definition) is 1. The standard InChI is InChI=1S/C20H31N5O3/c1-3-23-9-4-5-16(23)19(27)24-11-7-20(8-12-24)18-15(21-14-22-18)6-10-25(20)17(26)13-28-2/h14,16H,3-13H2,1-2H3,(H,21,22). The summed E-state index contributed by atoms with van der Waals surface area (Å²) < 4.78 is 5.12. The number of ether oxygens (including phenoxy) is 1. The van der Waals surface area contributed by atoms with Gasteiger partial charge in [-0.15, -0.1) is 0 Å². The van der Waals surface area contributed by atoms with Crippen molar-refractivity contribution in [3.05, 3.63) is 17.7 Å². The maximum Gasteiger partial charge on any atom is 0.249 e. The number of likely N-dealkylation sites (N-methyl/N-ethyl adjacent to an activating group) is 1. The first-order chi connectivity index (χ1) is 13.6. The Bertz CT molecular complexity index is 725. The average molecular weight is 390 g/mol. The molecular formula is C20H31N5O3. The summed E-state index contributed by atoms with van der Waals surface area (Å²) in [5.41, 5.74) is 1.67. The van der Waals surface area contributed by atoms with Crippen molar-refractivity contribution in [3.8, 4) is 0 Å². The van der Waals surface area contributed by atoms with Gasteiger partial charge in [0.05, 0.1) is 23.6 Å². The second-order valence-electron chi connectivity index (χ2n) is 8.10. The highest BCUT2D eigenvalue weighted by atomic mass is 16.5. The molecule has 0 bridgehead atoms. The van der Waals surface area contributed by atoms with Crippen LogP contribution in [0.3, 0.4) is 0 Å². The van der Waals surface area contributed by atoms with E-state index in [1.54, 1.807) is 13.4 Å². The van der Waals surface area contributed by atoms with Crippen LogP contribution in [0.2, 0.25) is 0 Å². The SMILES string of the molecule is CCN1CCCC1C(=O)N1CCC2(CC1)c1nc[nH]c1CCN2C(=O)COC. The number of aromatic nitrogens is 2. The Kier molecular flexibility index (Phi) is 5.42. The number of carbonyl (C=O) groups is 2. The first kappa shape index (κ1) is 19.4. The van der Waals surface area contributed by atoms with Gasteiger partial charge in [-0.25, -0.2) is 4.98 Å². The molecule has 1 unspecified atom stereocenters. The molecule has 1 spiro atoms. The first-order valence-corrected chi connectivity index (χ1v) is 10.5. The number of imidazole rings is 1. The number of aromatic amines is 1. The van der Waals surface area contributed by atoms with Crippen molar-refractivity contribution < 1.29 is 14.3 Å². The quantitative estimate of drug-likeness (QED) is 0.822. The third-order valence-electron chi connectivity index (χ3n) is 6.79. The lowest BCUT2D eigenvalue weighted by atomic mass is 9.78. The van der Waals surface area contributed by atoms with Crippen molar-refractivity contribution in [1.82, 2.24) is 24.7 Å². The lowest BCUT2D eigenvalue weighted by molar-refractivity contribution is -0.148. The molecule has 0 radical (unpaired) electrons. The molecule has 1 atom stereocenters. The Morgan fingerprint density at radius 2 is 2.07 bits per heavy atom. The van der Waals surface area contributed by atoms with Crippen LogP contribution in [0.5, 0.6) is 0 Å². The summed E-state index contributed by atoms with van der Waals surface area (Å²) in [4.78, 5) is 40.0. The van der Waals surface area contributed by atoms with E-state index < -0.39 is 5.54 Å². The predicted molar refractivity (Wildman–Crippen MR) is 104 cm³/mol. The third kappa shape index (κ3) is 3.12. The largest absolute Gasteiger partial charge is 0.375 e. The molecule has 4 rings (SSSR count). The molecule has 2 fully saturated rings. The maximum absolute atomic E-state index is 13.1. The van der Waals surface area contributed by atoms with E-state index in [9.17, 15) is 9.59 Å². The Balaban J connectivity index is 1.53. The van der Waals surface area contributed by atoms with Gasteiger partial charge in [-0.1, -0.05) is 6.92 Å². The second-order valence-corrected chi connectivity index (χ2v) is 8.10. The minimum atomic E-state index is -0.430. The molecule has 1 aromatic rings. The first-order valence-electron chi connectivity index (χ1n) is 10.5. The van der Waals surface area contributed by atoms with Crippen LogP contribution in [0.25, 0.3) is 0 Å². The number of amides is 2. The van der Waals surface area contributed by atoms with Crippen molar-refractivity contribution in [2.24, 2.45) is 0 Å². The zero-order chi connectivity index (χ0) is 19.7. The number of nitrogens with zero attached hydrogens (tertiary/aromatic N) is 4. The normalized spacial score (nSPS) is 24.6. The zero-order valence-corrected chi connectivity index (χ0v) is 16.9. The minimum absolute atomic E-state index is 0.00359.